The lowest BCUT2D eigenvalue weighted by Gasteiger charge is -2.23. The molecule has 4 aromatic carbocycles. The van der Waals surface area contributed by atoms with Gasteiger partial charge in [-0.1, -0.05) is 72.8 Å². The van der Waals surface area contributed by atoms with Crippen LogP contribution in [0.2, 0.25) is 0 Å². The van der Waals surface area contributed by atoms with E-state index in [0.717, 1.165) is 34.1 Å². The van der Waals surface area contributed by atoms with Gasteiger partial charge in [0.05, 0.1) is 33.1 Å². The van der Waals surface area contributed by atoms with Crippen LogP contribution in [0.25, 0.3) is 22.3 Å². The van der Waals surface area contributed by atoms with Gasteiger partial charge in [0.25, 0.3) is 0 Å². The number of halogens is 1. The molecule has 0 spiro atoms. The minimum atomic E-state index is 0. The van der Waals surface area contributed by atoms with Gasteiger partial charge in [0.15, 0.2) is 16.9 Å². The van der Waals surface area contributed by atoms with Crippen LogP contribution >= 0.6 is 0 Å². The lowest BCUT2D eigenvalue weighted by molar-refractivity contribution is -0.870. The maximum atomic E-state index is 13.7. The van der Waals surface area contributed by atoms with Crippen molar-refractivity contribution in [1.29, 1.82) is 0 Å². The average Bonchev–Trinajstić information content (AvgIpc) is 2.97. The van der Waals surface area contributed by atoms with E-state index in [1.807, 2.05) is 103 Å². The Hall–Kier alpha value is -3.87. The summed E-state index contributed by atoms with van der Waals surface area (Å²) in [5.41, 5.74) is 4.21. The molecule has 5 rings (SSSR count). The van der Waals surface area contributed by atoms with Crippen molar-refractivity contribution < 1.29 is 35.4 Å². The first-order valence-corrected chi connectivity index (χ1v) is 13.7. The lowest BCUT2D eigenvalue weighted by Crippen LogP contribution is -3.00. The van der Waals surface area contributed by atoms with E-state index in [0.29, 0.717) is 53.4 Å². The largest absolute Gasteiger partial charge is 1.00 e. The standard InChI is InChI=1S/C35H36NO4.BrH/c1-36(2,3)22-12-18-30-34(37)29-17-10-11-19-31(29)40-35(30)28-20-21-32(38-24-26-13-6-4-7-14-26)33(23-28)39-25-27-15-8-5-9-16-27;/h4-11,13-17,19-21,23H,12,18,22,24-25H2,1-3H3;1H/q+1;/p-1. The molecule has 0 saturated carbocycles. The molecule has 0 saturated heterocycles. The number of ether oxygens (including phenoxy) is 2. The van der Waals surface area contributed by atoms with Gasteiger partial charge in [0.2, 0.25) is 0 Å². The Labute approximate surface area is 252 Å². The van der Waals surface area contributed by atoms with Crippen LogP contribution in [0.5, 0.6) is 11.5 Å². The van der Waals surface area contributed by atoms with Crippen molar-refractivity contribution in [1.82, 2.24) is 0 Å². The molecule has 1 heterocycles. The molecule has 0 aliphatic carbocycles. The number of nitrogens with zero attached hydrogens (tertiary/aromatic N) is 1. The molecule has 0 unspecified atom stereocenters. The van der Waals surface area contributed by atoms with Crippen LogP contribution < -0.4 is 31.9 Å². The Kier molecular flexibility index (Phi) is 10.0. The average molecular weight is 615 g/mol. The smallest absolute Gasteiger partial charge is 0.196 e. The van der Waals surface area contributed by atoms with Crippen molar-refractivity contribution >= 4 is 11.0 Å². The van der Waals surface area contributed by atoms with E-state index < -0.39 is 0 Å². The maximum absolute atomic E-state index is 13.7. The lowest BCUT2D eigenvalue weighted by atomic mass is 10.00. The van der Waals surface area contributed by atoms with E-state index in [2.05, 4.69) is 21.1 Å². The highest BCUT2D eigenvalue weighted by Gasteiger charge is 2.19. The third-order valence-corrected chi connectivity index (χ3v) is 6.83. The van der Waals surface area contributed by atoms with Crippen LogP contribution in [0.15, 0.2) is 112 Å². The zero-order valence-electron chi connectivity index (χ0n) is 23.8. The molecule has 212 valence electrons. The van der Waals surface area contributed by atoms with Crippen LogP contribution in [-0.4, -0.2) is 32.2 Å². The predicted octanol–water partition coefficient (Wildman–Crippen LogP) is 4.26. The summed E-state index contributed by atoms with van der Waals surface area (Å²) in [4.78, 5) is 13.7. The molecule has 5 nitrogen and oxygen atoms in total. The molecule has 6 heteroatoms. The SMILES string of the molecule is C[N+](C)(C)CCCc1c(-c2ccc(OCc3ccccc3)c(OCc3ccccc3)c2)oc2ccccc2c1=O.[Br-]. The van der Waals surface area contributed by atoms with Gasteiger partial charge >= 0.3 is 0 Å². The van der Waals surface area contributed by atoms with Crippen LogP contribution in [-0.2, 0) is 19.6 Å². The topological polar surface area (TPSA) is 48.7 Å². The fourth-order valence-corrected chi connectivity index (χ4v) is 4.72. The van der Waals surface area contributed by atoms with E-state index in [-0.39, 0.29) is 22.4 Å². The molecule has 0 bridgehead atoms. The molecule has 0 N–H and O–H groups in total. The van der Waals surface area contributed by atoms with Crippen LogP contribution in [0, 0.1) is 0 Å². The third-order valence-electron chi connectivity index (χ3n) is 6.83. The third kappa shape index (κ3) is 7.87. The fourth-order valence-electron chi connectivity index (χ4n) is 4.72. The molecule has 0 atom stereocenters. The van der Waals surface area contributed by atoms with Crippen LogP contribution in [0.4, 0.5) is 0 Å². The van der Waals surface area contributed by atoms with Gasteiger partial charge in [-0.3, -0.25) is 4.79 Å². The molecule has 0 radical (unpaired) electrons. The van der Waals surface area contributed by atoms with Crippen LogP contribution in [0.3, 0.4) is 0 Å². The summed E-state index contributed by atoms with van der Waals surface area (Å²) in [6, 6.07) is 33.3. The summed E-state index contributed by atoms with van der Waals surface area (Å²) < 4.78 is 19.8. The number of hydrogen-bond donors (Lipinski definition) is 0. The Balaban J connectivity index is 0.00000387. The summed E-state index contributed by atoms with van der Waals surface area (Å²) in [5, 5.41) is 0.606. The second kappa shape index (κ2) is 13.7. The normalized spacial score (nSPS) is 11.2. The first-order valence-electron chi connectivity index (χ1n) is 13.7. The molecular formula is C35H36BrNO4. The molecule has 0 amide bonds. The van der Waals surface area contributed by atoms with Crippen LogP contribution in [0.1, 0.15) is 23.1 Å². The monoisotopic (exact) mass is 613 g/mol. The Morgan fingerprint density at radius 1 is 0.707 bits per heavy atom. The van der Waals surface area contributed by atoms with Gasteiger partial charge in [-0.05, 0) is 47.9 Å². The number of hydrogen-bond acceptors (Lipinski definition) is 4. The van der Waals surface area contributed by atoms with Crippen molar-refractivity contribution in [3.8, 4) is 22.8 Å². The predicted molar refractivity (Wildman–Crippen MR) is 161 cm³/mol. The van der Waals surface area contributed by atoms with Gasteiger partial charge in [-0.15, -0.1) is 0 Å². The fraction of sp³-hybridized carbons (Fsp3) is 0.229. The minimum absolute atomic E-state index is 0. The quantitative estimate of drug-likeness (QED) is 0.209. The summed E-state index contributed by atoms with van der Waals surface area (Å²) in [5.74, 6) is 1.83. The molecule has 0 aliphatic heterocycles. The van der Waals surface area contributed by atoms with Crippen molar-refractivity contribution in [2.45, 2.75) is 26.1 Å². The van der Waals surface area contributed by atoms with Crippen molar-refractivity contribution in [2.24, 2.45) is 0 Å². The van der Waals surface area contributed by atoms with Gasteiger partial charge < -0.3 is 35.4 Å². The number of benzene rings is 4. The van der Waals surface area contributed by atoms with Crippen molar-refractivity contribution in [3.63, 3.8) is 0 Å². The Morgan fingerprint density at radius 2 is 1.29 bits per heavy atom. The second-order valence-corrected chi connectivity index (χ2v) is 11.1. The van der Waals surface area contributed by atoms with E-state index >= 15 is 0 Å². The number of para-hydroxylation sites is 1. The van der Waals surface area contributed by atoms with Gasteiger partial charge in [-0.25, -0.2) is 0 Å². The highest BCUT2D eigenvalue weighted by molar-refractivity contribution is 5.80. The highest BCUT2D eigenvalue weighted by atomic mass is 79.9. The Bertz CT molecular complexity index is 1630. The first-order chi connectivity index (χ1) is 19.4. The first kappa shape index (κ1) is 30.1. The molecule has 1 aromatic heterocycles. The molecule has 0 fully saturated rings. The minimum Gasteiger partial charge on any atom is -1.00 e. The second-order valence-electron chi connectivity index (χ2n) is 11.1. The van der Waals surface area contributed by atoms with E-state index in [1.54, 1.807) is 0 Å². The van der Waals surface area contributed by atoms with E-state index in [9.17, 15) is 4.79 Å². The summed E-state index contributed by atoms with van der Waals surface area (Å²) in [6.07, 6.45) is 1.50. The zero-order valence-corrected chi connectivity index (χ0v) is 25.4. The Morgan fingerprint density at radius 3 is 1.93 bits per heavy atom. The highest BCUT2D eigenvalue weighted by Crippen LogP contribution is 2.36. The molecular weight excluding hydrogens is 578 g/mol. The molecule has 41 heavy (non-hydrogen) atoms. The van der Waals surface area contributed by atoms with Crippen molar-refractivity contribution in [2.75, 3.05) is 27.7 Å². The van der Waals surface area contributed by atoms with Gasteiger partial charge in [0.1, 0.15) is 24.6 Å². The summed E-state index contributed by atoms with van der Waals surface area (Å²) in [7, 11) is 6.48. The van der Waals surface area contributed by atoms with Gasteiger partial charge in [0, 0.05) is 17.5 Å². The maximum Gasteiger partial charge on any atom is 0.196 e. The molecule has 5 aromatic rings. The number of quaternary nitrogens is 1. The van der Waals surface area contributed by atoms with E-state index in [4.69, 9.17) is 13.9 Å². The summed E-state index contributed by atoms with van der Waals surface area (Å²) in [6.45, 7) is 1.76. The number of rotatable bonds is 11. The van der Waals surface area contributed by atoms with Gasteiger partial charge in [-0.2, -0.15) is 0 Å². The van der Waals surface area contributed by atoms with E-state index in [1.165, 1.54) is 0 Å². The number of fused-ring (bicyclic) bond motifs is 1. The summed E-state index contributed by atoms with van der Waals surface area (Å²) >= 11 is 0. The zero-order chi connectivity index (χ0) is 28.0. The molecule has 0 aliphatic rings. The van der Waals surface area contributed by atoms with Crippen molar-refractivity contribution in [3.05, 3.63) is 130 Å².